The number of ketones is 1. The second-order valence-corrected chi connectivity index (χ2v) is 6.07. The number of rotatable bonds is 10. The van der Waals surface area contributed by atoms with E-state index in [2.05, 4.69) is 5.32 Å². The first-order valence-electron chi connectivity index (χ1n) is 9.06. The van der Waals surface area contributed by atoms with Crippen molar-refractivity contribution in [1.82, 2.24) is 5.32 Å². The van der Waals surface area contributed by atoms with Gasteiger partial charge in [0.25, 0.3) is 0 Å². The Morgan fingerprint density at radius 3 is 1.82 bits per heavy atom. The van der Waals surface area contributed by atoms with E-state index in [1.165, 1.54) is 6.92 Å². The second kappa shape index (κ2) is 11.9. The lowest BCUT2D eigenvalue weighted by atomic mass is 9.89. The molecule has 156 valence electrons. The van der Waals surface area contributed by atoms with Crippen molar-refractivity contribution in [2.24, 2.45) is 0 Å². The van der Waals surface area contributed by atoms with Gasteiger partial charge in [0.05, 0.1) is 13.2 Å². The van der Waals surface area contributed by atoms with Crippen molar-refractivity contribution in [1.29, 1.82) is 0 Å². The van der Waals surface area contributed by atoms with Gasteiger partial charge in [0.1, 0.15) is 0 Å². The summed E-state index contributed by atoms with van der Waals surface area (Å²) in [6.07, 6.45) is 1.05. The molecule has 0 heterocycles. The SMILES string of the molecule is C.CCCC(=O)c1ccc(CC(NC(C)=O)(C(=O)OCC)C(=O)OCC)cc1. The van der Waals surface area contributed by atoms with Crippen molar-refractivity contribution in [2.75, 3.05) is 13.2 Å². The molecule has 0 spiro atoms. The lowest BCUT2D eigenvalue weighted by molar-refractivity contribution is -0.168. The number of esters is 2. The molecule has 28 heavy (non-hydrogen) atoms. The minimum absolute atomic E-state index is 0. The van der Waals surface area contributed by atoms with E-state index in [0.717, 1.165) is 6.42 Å². The second-order valence-electron chi connectivity index (χ2n) is 6.07. The lowest BCUT2D eigenvalue weighted by Crippen LogP contribution is -2.62. The average molecular weight is 393 g/mol. The molecule has 0 fully saturated rings. The Morgan fingerprint density at radius 2 is 1.43 bits per heavy atom. The minimum Gasteiger partial charge on any atom is -0.464 e. The standard InChI is InChI=1S/C20H27NO6.CH4/c1-5-8-17(23)16-11-9-15(10-12-16)13-20(21-14(4)22,18(24)26-6-2)19(25)27-7-3;/h9-12H,5-8,13H2,1-4H3,(H,21,22);1H4. The Bertz CT molecular complexity index is 663. The summed E-state index contributed by atoms with van der Waals surface area (Å²) in [5.41, 5.74) is -0.844. The van der Waals surface area contributed by atoms with Crippen LogP contribution in [0, 0.1) is 0 Å². The topological polar surface area (TPSA) is 98.8 Å². The Morgan fingerprint density at radius 1 is 0.929 bits per heavy atom. The van der Waals surface area contributed by atoms with Crippen LogP contribution in [0.4, 0.5) is 0 Å². The van der Waals surface area contributed by atoms with E-state index >= 15 is 0 Å². The van der Waals surface area contributed by atoms with Crippen molar-refractivity contribution in [3.8, 4) is 0 Å². The molecule has 0 saturated heterocycles. The third-order valence-corrected chi connectivity index (χ3v) is 3.86. The van der Waals surface area contributed by atoms with Crippen LogP contribution < -0.4 is 5.32 Å². The molecule has 0 aliphatic rings. The fraction of sp³-hybridized carbons (Fsp3) is 0.524. The predicted octanol–water partition coefficient (Wildman–Crippen LogP) is 2.85. The molecule has 0 radical (unpaired) electrons. The van der Waals surface area contributed by atoms with E-state index in [4.69, 9.17) is 9.47 Å². The summed E-state index contributed by atoms with van der Waals surface area (Å²) in [5, 5.41) is 2.41. The first-order valence-corrected chi connectivity index (χ1v) is 9.06. The van der Waals surface area contributed by atoms with Gasteiger partial charge in [-0.2, -0.15) is 0 Å². The molecular formula is C21H31NO6. The maximum atomic E-state index is 12.6. The molecule has 7 nitrogen and oxygen atoms in total. The van der Waals surface area contributed by atoms with E-state index in [0.29, 0.717) is 17.5 Å². The van der Waals surface area contributed by atoms with E-state index in [1.54, 1.807) is 38.1 Å². The van der Waals surface area contributed by atoms with Gasteiger partial charge in [0.15, 0.2) is 5.78 Å². The largest absolute Gasteiger partial charge is 0.464 e. The number of Topliss-reactive ketones (excluding diaryl/α,β-unsaturated/α-hetero) is 1. The van der Waals surface area contributed by atoms with Gasteiger partial charge in [-0.05, 0) is 25.8 Å². The number of benzene rings is 1. The van der Waals surface area contributed by atoms with Crippen LogP contribution in [-0.4, -0.2) is 42.4 Å². The summed E-state index contributed by atoms with van der Waals surface area (Å²) < 4.78 is 10.1. The molecule has 1 N–H and O–H groups in total. The van der Waals surface area contributed by atoms with Crippen LogP contribution in [0.1, 0.15) is 63.9 Å². The summed E-state index contributed by atoms with van der Waals surface area (Å²) in [6, 6.07) is 6.58. The predicted molar refractivity (Wildman–Crippen MR) is 106 cm³/mol. The quantitative estimate of drug-likeness (QED) is 0.373. The number of amides is 1. The van der Waals surface area contributed by atoms with Crippen molar-refractivity contribution in [3.05, 3.63) is 35.4 Å². The molecule has 0 aromatic heterocycles. The van der Waals surface area contributed by atoms with Gasteiger partial charge in [0, 0.05) is 25.3 Å². The van der Waals surface area contributed by atoms with E-state index in [9.17, 15) is 19.2 Å². The van der Waals surface area contributed by atoms with Gasteiger partial charge in [-0.25, -0.2) is 9.59 Å². The highest BCUT2D eigenvalue weighted by molar-refractivity contribution is 6.08. The zero-order valence-corrected chi connectivity index (χ0v) is 16.3. The van der Waals surface area contributed by atoms with Crippen LogP contribution >= 0.6 is 0 Å². The molecule has 0 bridgehead atoms. The molecule has 0 saturated carbocycles. The molecule has 1 aromatic carbocycles. The normalized spacial score (nSPS) is 10.4. The van der Waals surface area contributed by atoms with Crippen molar-refractivity contribution < 1.29 is 28.7 Å². The number of hydrogen-bond acceptors (Lipinski definition) is 6. The number of ether oxygens (including phenoxy) is 2. The minimum atomic E-state index is -1.98. The molecular weight excluding hydrogens is 362 g/mol. The fourth-order valence-electron chi connectivity index (χ4n) is 2.67. The van der Waals surface area contributed by atoms with Crippen LogP contribution in [0.2, 0.25) is 0 Å². The van der Waals surface area contributed by atoms with E-state index in [1.807, 2.05) is 6.92 Å². The highest BCUT2D eigenvalue weighted by atomic mass is 16.6. The number of carbonyl (C=O) groups excluding carboxylic acids is 4. The Balaban J connectivity index is 0.00000729. The Labute approximate surface area is 166 Å². The van der Waals surface area contributed by atoms with Crippen LogP contribution in [0.5, 0.6) is 0 Å². The van der Waals surface area contributed by atoms with E-state index in [-0.39, 0.29) is 32.8 Å². The molecule has 1 amide bonds. The summed E-state index contributed by atoms with van der Waals surface area (Å²) in [4.78, 5) is 48.9. The first-order chi connectivity index (χ1) is 12.8. The highest BCUT2D eigenvalue weighted by Crippen LogP contribution is 2.20. The third kappa shape index (κ3) is 6.48. The third-order valence-electron chi connectivity index (χ3n) is 3.86. The summed E-state index contributed by atoms with van der Waals surface area (Å²) in [7, 11) is 0. The smallest absolute Gasteiger partial charge is 0.344 e. The Hall–Kier alpha value is -2.70. The zero-order valence-electron chi connectivity index (χ0n) is 16.3. The van der Waals surface area contributed by atoms with Crippen molar-refractivity contribution in [3.63, 3.8) is 0 Å². The van der Waals surface area contributed by atoms with Crippen molar-refractivity contribution >= 4 is 23.6 Å². The van der Waals surface area contributed by atoms with E-state index < -0.39 is 23.4 Å². The molecule has 0 aliphatic carbocycles. The van der Waals surface area contributed by atoms with Gasteiger partial charge in [-0.15, -0.1) is 0 Å². The van der Waals surface area contributed by atoms with Gasteiger partial charge in [-0.1, -0.05) is 38.6 Å². The molecule has 0 unspecified atom stereocenters. The number of carbonyl (C=O) groups is 4. The van der Waals surface area contributed by atoms with Gasteiger partial charge < -0.3 is 14.8 Å². The molecule has 1 aromatic rings. The van der Waals surface area contributed by atoms with Crippen LogP contribution in [0.25, 0.3) is 0 Å². The van der Waals surface area contributed by atoms with Crippen LogP contribution in [-0.2, 0) is 30.3 Å². The maximum absolute atomic E-state index is 12.6. The molecule has 0 atom stereocenters. The van der Waals surface area contributed by atoms with Crippen LogP contribution in [0.3, 0.4) is 0 Å². The van der Waals surface area contributed by atoms with Gasteiger partial charge in [-0.3, -0.25) is 9.59 Å². The van der Waals surface area contributed by atoms with Crippen molar-refractivity contribution in [2.45, 2.75) is 59.9 Å². The zero-order chi connectivity index (χ0) is 20.4. The number of hydrogen-bond donors (Lipinski definition) is 1. The molecule has 7 heteroatoms. The Kier molecular flexibility index (Phi) is 10.7. The summed E-state index contributed by atoms with van der Waals surface area (Å²) in [6.45, 7) is 6.44. The van der Waals surface area contributed by atoms with Gasteiger partial charge in [0.2, 0.25) is 11.4 Å². The first kappa shape index (κ1) is 25.3. The average Bonchev–Trinajstić information content (AvgIpc) is 2.61. The summed E-state index contributed by atoms with van der Waals surface area (Å²) in [5.74, 6) is -2.31. The fourth-order valence-corrected chi connectivity index (χ4v) is 2.67. The van der Waals surface area contributed by atoms with Gasteiger partial charge >= 0.3 is 11.9 Å². The monoisotopic (exact) mass is 393 g/mol. The maximum Gasteiger partial charge on any atom is 0.344 e. The molecule has 0 aliphatic heterocycles. The highest BCUT2D eigenvalue weighted by Gasteiger charge is 2.50. The number of nitrogens with one attached hydrogen (secondary N) is 1. The summed E-state index contributed by atoms with van der Waals surface area (Å²) >= 11 is 0. The van der Waals surface area contributed by atoms with Crippen LogP contribution in [0.15, 0.2) is 24.3 Å². The lowest BCUT2D eigenvalue weighted by Gasteiger charge is -2.29. The molecule has 1 rings (SSSR count).